The Kier molecular flexibility index (Phi) is 5.11. The lowest BCUT2D eigenvalue weighted by Crippen LogP contribution is -2.33. The van der Waals surface area contributed by atoms with E-state index in [1.165, 1.54) is 18.2 Å². The molecule has 2 N–H and O–H groups in total. The second-order valence-corrected chi connectivity index (χ2v) is 6.58. The summed E-state index contributed by atoms with van der Waals surface area (Å²) >= 11 is 0. The first-order chi connectivity index (χ1) is 10.9. The van der Waals surface area contributed by atoms with Crippen molar-refractivity contribution in [1.82, 2.24) is 4.72 Å². The fourth-order valence-corrected chi connectivity index (χ4v) is 3.01. The zero-order valence-corrected chi connectivity index (χ0v) is 13.2. The molecule has 118 valence electrons. The number of nitrogens with zero attached hydrogens (tertiary/aromatic N) is 1. The molecule has 0 unspecified atom stereocenters. The maximum Gasteiger partial charge on any atom is 0.242 e. The molecule has 23 heavy (non-hydrogen) atoms. The summed E-state index contributed by atoms with van der Waals surface area (Å²) in [6, 6.07) is 14.8. The Labute approximate surface area is 134 Å². The van der Waals surface area contributed by atoms with Crippen LogP contribution in [0.15, 0.2) is 53.4 Å². The van der Waals surface area contributed by atoms with Crippen molar-refractivity contribution in [3.63, 3.8) is 0 Å². The van der Waals surface area contributed by atoms with Crippen molar-refractivity contribution >= 4 is 21.6 Å². The van der Waals surface area contributed by atoms with E-state index in [2.05, 4.69) is 10.0 Å². The van der Waals surface area contributed by atoms with Gasteiger partial charge in [0, 0.05) is 5.69 Å². The molecule has 0 spiro atoms. The number of rotatable bonds is 5. The highest BCUT2D eigenvalue weighted by atomic mass is 32.2. The molecule has 0 radical (unpaired) electrons. The van der Waals surface area contributed by atoms with Crippen molar-refractivity contribution in [3.05, 3.63) is 59.7 Å². The molecule has 0 aromatic heterocycles. The van der Waals surface area contributed by atoms with Crippen molar-refractivity contribution in [2.75, 3.05) is 11.9 Å². The van der Waals surface area contributed by atoms with Crippen LogP contribution in [-0.4, -0.2) is 20.9 Å². The summed E-state index contributed by atoms with van der Waals surface area (Å²) in [5.41, 5.74) is 1.66. The average Bonchev–Trinajstić information content (AvgIpc) is 2.55. The first-order valence-corrected chi connectivity index (χ1v) is 8.26. The third kappa shape index (κ3) is 4.39. The third-order valence-corrected chi connectivity index (χ3v) is 4.51. The SMILES string of the molecule is Cc1ccc(NC(=O)CNS(=O)(=O)c2ccccc2C#N)cc1. The summed E-state index contributed by atoms with van der Waals surface area (Å²) in [4.78, 5) is 11.7. The van der Waals surface area contributed by atoms with E-state index in [-0.39, 0.29) is 10.5 Å². The van der Waals surface area contributed by atoms with Crippen LogP contribution in [0.1, 0.15) is 11.1 Å². The number of sulfonamides is 1. The van der Waals surface area contributed by atoms with E-state index in [9.17, 15) is 13.2 Å². The number of amides is 1. The zero-order valence-electron chi connectivity index (χ0n) is 12.4. The minimum atomic E-state index is -3.93. The summed E-state index contributed by atoms with van der Waals surface area (Å²) in [5, 5.41) is 11.5. The lowest BCUT2D eigenvalue weighted by molar-refractivity contribution is -0.115. The van der Waals surface area contributed by atoms with Crippen LogP contribution in [-0.2, 0) is 14.8 Å². The van der Waals surface area contributed by atoms with E-state index in [0.717, 1.165) is 5.56 Å². The minimum Gasteiger partial charge on any atom is -0.325 e. The van der Waals surface area contributed by atoms with Crippen molar-refractivity contribution in [3.8, 4) is 6.07 Å². The van der Waals surface area contributed by atoms with Gasteiger partial charge in [-0.15, -0.1) is 0 Å². The second kappa shape index (κ2) is 7.05. The lowest BCUT2D eigenvalue weighted by Gasteiger charge is -2.09. The van der Waals surface area contributed by atoms with E-state index < -0.39 is 22.5 Å². The predicted octanol–water partition coefficient (Wildman–Crippen LogP) is 1.78. The van der Waals surface area contributed by atoms with Crippen molar-refractivity contribution in [2.24, 2.45) is 0 Å². The number of aryl methyl sites for hydroxylation is 1. The molecule has 2 aromatic rings. The van der Waals surface area contributed by atoms with Gasteiger partial charge in [0.05, 0.1) is 17.0 Å². The molecule has 0 aliphatic rings. The van der Waals surface area contributed by atoms with Crippen LogP contribution in [0.4, 0.5) is 5.69 Å². The number of carbonyl (C=O) groups is 1. The van der Waals surface area contributed by atoms with Gasteiger partial charge in [0.25, 0.3) is 0 Å². The molecule has 0 heterocycles. The lowest BCUT2D eigenvalue weighted by atomic mass is 10.2. The Morgan fingerprint density at radius 1 is 1.13 bits per heavy atom. The van der Waals surface area contributed by atoms with Crippen LogP contribution in [0.5, 0.6) is 0 Å². The van der Waals surface area contributed by atoms with E-state index in [0.29, 0.717) is 5.69 Å². The molecule has 0 atom stereocenters. The largest absolute Gasteiger partial charge is 0.325 e. The fourth-order valence-electron chi connectivity index (χ4n) is 1.87. The maximum atomic E-state index is 12.2. The Balaban J connectivity index is 2.03. The van der Waals surface area contributed by atoms with Gasteiger partial charge in [-0.1, -0.05) is 29.8 Å². The van der Waals surface area contributed by atoms with Crippen molar-refractivity contribution < 1.29 is 13.2 Å². The quantitative estimate of drug-likeness (QED) is 0.873. The number of nitrogens with one attached hydrogen (secondary N) is 2. The van der Waals surface area contributed by atoms with Crippen molar-refractivity contribution in [2.45, 2.75) is 11.8 Å². The maximum absolute atomic E-state index is 12.2. The smallest absolute Gasteiger partial charge is 0.242 e. The van der Waals surface area contributed by atoms with Gasteiger partial charge >= 0.3 is 0 Å². The molecule has 0 aliphatic heterocycles. The third-order valence-electron chi connectivity index (χ3n) is 3.06. The first kappa shape index (κ1) is 16.7. The minimum absolute atomic E-state index is 0.0268. The summed E-state index contributed by atoms with van der Waals surface area (Å²) in [7, 11) is -3.93. The van der Waals surface area contributed by atoms with Crippen LogP contribution in [0.25, 0.3) is 0 Å². The zero-order chi connectivity index (χ0) is 16.9. The molecule has 2 rings (SSSR count). The Morgan fingerprint density at radius 2 is 1.78 bits per heavy atom. The Morgan fingerprint density at radius 3 is 2.43 bits per heavy atom. The van der Waals surface area contributed by atoms with Gasteiger partial charge in [0.1, 0.15) is 6.07 Å². The highest BCUT2D eigenvalue weighted by Gasteiger charge is 2.19. The molecule has 0 saturated heterocycles. The molecular weight excluding hydrogens is 314 g/mol. The molecule has 0 saturated carbocycles. The van der Waals surface area contributed by atoms with Gasteiger partial charge in [-0.2, -0.15) is 5.26 Å². The van der Waals surface area contributed by atoms with Gasteiger partial charge in [0.15, 0.2) is 0 Å². The molecule has 1 amide bonds. The number of nitriles is 1. The molecule has 6 nitrogen and oxygen atoms in total. The number of hydrogen-bond donors (Lipinski definition) is 2. The summed E-state index contributed by atoms with van der Waals surface area (Å²) in [5.74, 6) is -0.494. The van der Waals surface area contributed by atoms with E-state index in [1.807, 2.05) is 25.1 Å². The topological polar surface area (TPSA) is 99.1 Å². The van der Waals surface area contributed by atoms with E-state index in [4.69, 9.17) is 5.26 Å². The Hall–Kier alpha value is -2.69. The van der Waals surface area contributed by atoms with Gasteiger partial charge in [0.2, 0.25) is 15.9 Å². The molecule has 2 aromatic carbocycles. The number of anilines is 1. The summed E-state index contributed by atoms with van der Waals surface area (Å²) < 4.78 is 26.5. The summed E-state index contributed by atoms with van der Waals surface area (Å²) in [6.07, 6.45) is 0. The Bertz CT molecular complexity index is 853. The normalized spacial score (nSPS) is 10.8. The van der Waals surface area contributed by atoms with Crippen LogP contribution < -0.4 is 10.0 Å². The standard InChI is InChI=1S/C16H15N3O3S/c1-12-6-8-14(9-7-12)19-16(20)11-18-23(21,22)15-5-3-2-4-13(15)10-17/h2-9,18H,11H2,1H3,(H,19,20). The molecule has 0 bridgehead atoms. The van der Waals surface area contributed by atoms with E-state index >= 15 is 0 Å². The summed E-state index contributed by atoms with van der Waals surface area (Å²) in [6.45, 7) is 1.50. The average molecular weight is 329 g/mol. The highest BCUT2D eigenvalue weighted by molar-refractivity contribution is 7.89. The number of hydrogen-bond acceptors (Lipinski definition) is 4. The van der Waals surface area contributed by atoms with Crippen LogP contribution in [0.3, 0.4) is 0 Å². The number of benzene rings is 2. The van der Waals surface area contributed by atoms with E-state index in [1.54, 1.807) is 18.2 Å². The van der Waals surface area contributed by atoms with Crippen LogP contribution in [0.2, 0.25) is 0 Å². The van der Waals surface area contributed by atoms with Gasteiger partial charge in [-0.25, -0.2) is 13.1 Å². The molecule has 7 heteroatoms. The molecule has 0 aliphatic carbocycles. The van der Waals surface area contributed by atoms with Crippen LogP contribution in [0, 0.1) is 18.3 Å². The fraction of sp³-hybridized carbons (Fsp3) is 0.125. The monoisotopic (exact) mass is 329 g/mol. The second-order valence-electron chi connectivity index (χ2n) is 4.85. The predicted molar refractivity (Wildman–Crippen MR) is 86.2 cm³/mol. The highest BCUT2D eigenvalue weighted by Crippen LogP contribution is 2.14. The number of carbonyl (C=O) groups excluding carboxylic acids is 1. The molecular formula is C16H15N3O3S. The van der Waals surface area contributed by atoms with Gasteiger partial charge < -0.3 is 5.32 Å². The van der Waals surface area contributed by atoms with Crippen LogP contribution >= 0.6 is 0 Å². The van der Waals surface area contributed by atoms with Gasteiger partial charge in [-0.3, -0.25) is 4.79 Å². The first-order valence-electron chi connectivity index (χ1n) is 6.78. The van der Waals surface area contributed by atoms with Gasteiger partial charge in [-0.05, 0) is 31.2 Å². The van der Waals surface area contributed by atoms with Crippen molar-refractivity contribution in [1.29, 1.82) is 5.26 Å². The molecule has 0 fully saturated rings.